The van der Waals surface area contributed by atoms with Crippen molar-refractivity contribution in [1.29, 1.82) is 0 Å². The Hall–Kier alpha value is -3.23. The molecule has 2 aromatic carbocycles. The largest absolute Gasteiger partial charge is 0.405 e. The quantitative estimate of drug-likeness (QED) is 0.615. The first-order valence-corrected chi connectivity index (χ1v) is 8.07. The van der Waals surface area contributed by atoms with Crippen LogP contribution in [0.25, 0.3) is 0 Å². The molecule has 6 nitrogen and oxygen atoms in total. The fourth-order valence-electron chi connectivity index (χ4n) is 2.16. The third-order valence-corrected chi connectivity index (χ3v) is 3.39. The van der Waals surface area contributed by atoms with E-state index >= 15 is 0 Å². The summed E-state index contributed by atoms with van der Waals surface area (Å²) in [6, 6.07) is 14.0. The maximum absolute atomic E-state index is 12.2. The molecule has 144 valence electrons. The number of anilines is 3. The predicted octanol–water partition coefficient (Wildman–Crippen LogP) is 3.81. The summed E-state index contributed by atoms with van der Waals surface area (Å²) in [6.45, 7) is 0.0486. The van der Waals surface area contributed by atoms with E-state index in [2.05, 4.69) is 16.0 Å². The van der Waals surface area contributed by atoms with Crippen LogP contribution in [0.4, 0.5) is 35.0 Å². The van der Waals surface area contributed by atoms with Gasteiger partial charge in [0.2, 0.25) is 5.91 Å². The molecular weight excluding hydrogens is 361 g/mol. The number of benzene rings is 2. The molecule has 0 aliphatic heterocycles. The Kier molecular flexibility index (Phi) is 6.64. The van der Waals surface area contributed by atoms with Gasteiger partial charge in [-0.2, -0.15) is 13.2 Å². The minimum Gasteiger partial charge on any atom is -0.374 e. The zero-order chi connectivity index (χ0) is 19.9. The Morgan fingerprint density at radius 3 is 2.19 bits per heavy atom. The summed E-state index contributed by atoms with van der Waals surface area (Å²) in [6.07, 6.45) is -4.47. The second-order valence-electron chi connectivity index (χ2n) is 5.72. The molecule has 9 heteroatoms. The van der Waals surface area contributed by atoms with Crippen LogP contribution in [0.1, 0.15) is 6.92 Å². The second kappa shape index (κ2) is 8.93. The number of para-hydroxylation sites is 1. The minimum absolute atomic E-state index is 0.450. The van der Waals surface area contributed by atoms with Crippen LogP contribution in [0.15, 0.2) is 54.6 Å². The Balaban J connectivity index is 1.90. The van der Waals surface area contributed by atoms with Gasteiger partial charge in [-0.05, 0) is 37.3 Å². The number of nitrogens with one attached hydrogen (secondary N) is 4. The number of rotatable bonds is 6. The van der Waals surface area contributed by atoms with Gasteiger partial charge in [0.25, 0.3) is 0 Å². The fourth-order valence-corrected chi connectivity index (χ4v) is 2.16. The van der Waals surface area contributed by atoms with Gasteiger partial charge in [-0.1, -0.05) is 24.3 Å². The van der Waals surface area contributed by atoms with Gasteiger partial charge in [-0.3, -0.25) is 4.79 Å². The van der Waals surface area contributed by atoms with Gasteiger partial charge in [0, 0.05) is 17.1 Å². The molecule has 0 saturated carbocycles. The molecule has 4 N–H and O–H groups in total. The highest BCUT2D eigenvalue weighted by molar-refractivity contribution is 6.00. The van der Waals surface area contributed by atoms with E-state index in [-0.39, 0.29) is 0 Å². The summed E-state index contributed by atoms with van der Waals surface area (Å²) < 4.78 is 36.5. The second-order valence-corrected chi connectivity index (χ2v) is 5.72. The van der Waals surface area contributed by atoms with Crippen molar-refractivity contribution in [3.8, 4) is 0 Å². The Morgan fingerprint density at radius 2 is 1.52 bits per heavy atom. The molecule has 3 amide bonds. The molecule has 0 heterocycles. The molecule has 0 aromatic heterocycles. The van der Waals surface area contributed by atoms with Crippen LogP contribution in [0.5, 0.6) is 0 Å². The number of halogens is 3. The summed E-state index contributed by atoms with van der Waals surface area (Å²) in [5.41, 5.74) is 1.55. The average Bonchev–Trinajstić information content (AvgIpc) is 2.60. The van der Waals surface area contributed by atoms with Gasteiger partial charge in [0.05, 0.1) is 0 Å². The van der Waals surface area contributed by atoms with Gasteiger partial charge in [0.15, 0.2) is 0 Å². The van der Waals surface area contributed by atoms with Crippen LogP contribution in [0.3, 0.4) is 0 Å². The van der Waals surface area contributed by atoms with E-state index in [0.29, 0.717) is 17.1 Å². The smallest absolute Gasteiger partial charge is 0.374 e. The molecular formula is C18H19F3N4O2. The van der Waals surface area contributed by atoms with Crippen LogP contribution in [0.2, 0.25) is 0 Å². The lowest BCUT2D eigenvalue weighted by Crippen LogP contribution is -2.42. The molecule has 0 spiro atoms. The van der Waals surface area contributed by atoms with Crippen molar-refractivity contribution in [2.24, 2.45) is 0 Å². The third-order valence-electron chi connectivity index (χ3n) is 3.39. The number of amides is 3. The van der Waals surface area contributed by atoms with Crippen LogP contribution < -0.4 is 21.3 Å². The van der Waals surface area contributed by atoms with E-state index in [9.17, 15) is 22.8 Å². The summed E-state index contributed by atoms with van der Waals surface area (Å²) in [4.78, 5) is 23.7. The van der Waals surface area contributed by atoms with Crippen molar-refractivity contribution >= 4 is 29.0 Å². The molecule has 2 aromatic rings. The highest BCUT2D eigenvalue weighted by atomic mass is 19.4. The molecule has 0 aliphatic carbocycles. The van der Waals surface area contributed by atoms with E-state index in [1.807, 2.05) is 11.4 Å². The van der Waals surface area contributed by atoms with E-state index < -0.39 is 30.7 Å². The highest BCUT2D eigenvalue weighted by Gasteiger charge is 2.28. The number of carbonyl (C=O) groups excluding carboxylic acids is 2. The molecule has 0 saturated heterocycles. The van der Waals surface area contributed by atoms with Crippen molar-refractivity contribution in [3.63, 3.8) is 0 Å². The monoisotopic (exact) mass is 380 g/mol. The first-order valence-electron chi connectivity index (χ1n) is 8.07. The molecule has 27 heavy (non-hydrogen) atoms. The van der Waals surface area contributed by atoms with Crippen molar-refractivity contribution in [2.45, 2.75) is 19.1 Å². The van der Waals surface area contributed by atoms with Crippen molar-refractivity contribution < 1.29 is 22.8 Å². The van der Waals surface area contributed by atoms with Crippen molar-refractivity contribution in [3.05, 3.63) is 54.6 Å². The maximum atomic E-state index is 12.2. The van der Waals surface area contributed by atoms with Gasteiger partial charge < -0.3 is 21.3 Å². The zero-order valence-corrected chi connectivity index (χ0v) is 14.4. The number of alkyl halides is 3. The molecule has 2 rings (SSSR count). The topological polar surface area (TPSA) is 82.3 Å². The normalized spacial score (nSPS) is 12.0. The van der Waals surface area contributed by atoms with Gasteiger partial charge >= 0.3 is 12.2 Å². The highest BCUT2D eigenvalue weighted by Crippen LogP contribution is 2.17. The SMILES string of the molecule is CC(Nc1cccc(NC(=O)Nc2ccccc2)c1)C(=O)NCC(F)(F)F. The molecule has 0 radical (unpaired) electrons. The van der Waals surface area contributed by atoms with Gasteiger partial charge in [-0.15, -0.1) is 0 Å². The van der Waals surface area contributed by atoms with E-state index in [1.165, 1.54) is 6.92 Å². The Morgan fingerprint density at radius 1 is 0.926 bits per heavy atom. The van der Waals surface area contributed by atoms with Gasteiger partial charge in [-0.25, -0.2) is 4.79 Å². The molecule has 0 aliphatic rings. The molecule has 0 bridgehead atoms. The zero-order valence-electron chi connectivity index (χ0n) is 14.4. The van der Waals surface area contributed by atoms with Crippen LogP contribution in [-0.4, -0.2) is 30.7 Å². The number of urea groups is 1. The van der Waals surface area contributed by atoms with E-state index in [4.69, 9.17) is 0 Å². The molecule has 0 fully saturated rings. The standard InChI is InChI=1S/C18H19F3N4O2/c1-12(16(26)22-11-18(19,20)21)23-14-8-5-9-15(10-14)25-17(27)24-13-6-3-2-4-7-13/h2-10,12,23H,11H2,1H3,(H,22,26)(H2,24,25,27). The first kappa shape index (κ1) is 20.1. The first-order chi connectivity index (χ1) is 12.7. The predicted molar refractivity (Wildman–Crippen MR) is 97.7 cm³/mol. The van der Waals surface area contributed by atoms with Crippen molar-refractivity contribution in [2.75, 3.05) is 22.5 Å². The van der Waals surface area contributed by atoms with Crippen LogP contribution in [-0.2, 0) is 4.79 Å². The summed E-state index contributed by atoms with van der Waals surface area (Å²) >= 11 is 0. The Labute approximate surface area is 154 Å². The number of hydrogen-bond donors (Lipinski definition) is 4. The van der Waals surface area contributed by atoms with E-state index in [1.54, 1.807) is 48.5 Å². The maximum Gasteiger partial charge on any atom is 0.405 e. The lowest BCUT2D eigenvalue weighted by molar-refractivity contribution is -0.138. The van der Waals surface area contributed by atoms with Crippen LogP contribution >= 0.6 is 0 Å². The van der Waals surface area contributed by atoms with E-state index in [0.717, 1.165) is 0 Å². The summed E-state index contributed by atoms with van der Waals surface area (Å²) in [5, 5.41) is 9.90. The Bertz CT molecular complexity index is 782. The minimum atomic E-state index is -4.47. The summed E-state index contributed by atoms with van der Waals surface area (Å²) in [5.74, 6) is -0.785. The number of carbonyl (C=O) groups is 2. The number of hydrogen-bond acceptors (Lipinski definition) is 3. The fraction of sp³-hybridized carbons (Fsp3) is 0.222. The third kappa shape index (κ3) is 7.27. The van der Waals surface area contributed by atoms with Crippen molar-refractivity contribution in [1.82, 2.24) is 5.32 Å². The lowest BCUT2D eigenvalue weighted by atomic mass is 10.2. The van der Waals surface area contributed by atoms with Gasteiger partial charge in [0.1, 0.15) is 12.6 Å². The average molecular weight is 380 g/mol. The molecule has 1 atom stereocenters. The molecule has 1 unspecified atom stereocenters. The summed E-state index contributed by atoms with van der Waals surface area (Å²) in [7, 11) is 0. The lowest BCUT2D eigenvalue weighted by Gasteiger charge is -2.17. The van der Waals surface area contributed by atoms with Crippen LogP contribution in [0, 0.1) is 0 Å².